The smallest absolute Gasteiger partial charge is 0.221 e. The molecule has 1 N–H and O–H groups in total. The molecule has 1 unspecified atom stereocenters. The van der Waals surface area contributed by atoms with Crippen LogP contribution in [0.15, 0.2) is 0 Å². The molecule has 1 heterocycles. The van der Waals surface area contributed by atoms with Gasteiger partial charge in [0.2, 0.25) is 15.9 Å². The average molecular weight is 292 g/mol. The number of sulfonamides is 1. The van der Waals surface area contributed by atoms with E-state index in [1.54, 1.807) is 0 Å². The first-order valence-electron chi connectivity index (χ1n) is 6.77. The van der Waals surface area contributed by atoms with Crippen LogP contribution in [0.25, 0.3) is 0 Å². The van der Waals surface area contributed by atoms with Crippen molar-refractivity contribution in [2.45, 2.75) is 38.7 Å². The fraction of sp³-hybridized carbons (Fsp3) is 0.917. The Morgan fingerprint density at radius 3 is 2.68 bits per heavy atom. The molecule has 1 atom stereocenters. The Kier molecular flexibility index (Phi) is 6.74. The molecule has 0 spiro atoms. The van der Waals surface area contributed by atoms with E-state index in [4.69, 9.17) is 4.74 Å². The number of hydrogen-bond acceptors (Lipinski definition) is 4. The number of amides is 1. The molecule has 1 aliphatic rings. The van der Waals surface area contributed by atoms with Crippen molar-refractivity contribution in [2.75, 3.05) is 32.5 Å². The zero-order chi connectivity index (χ0) is 14.3. The zero-order valence-corrected chi connectivity index (χ0v) is 12.5. The highest BCUT2D eigenvalue weighted by molar-refractivity contribution is 7.88. The molecule has 0 bridgehead atoms. The van der Waals surface area contributed by atoms with Crippen molar-refractivity contribution in [2.24, 2.45) is 0 Å². The van der Waals surface area contributed by atoms with Gasteiger partial charge in [-0.1, -0.05) is 6.92 Å². The summed E-state index contributed by atoms with van der Waals surface area (Å²) < 4.78 is 29.7. The van der Waals surface area contributed by atoms with E-state index in [1.165, 1.54) is 10.6 Å². The molecule has 0 aliphatic carbocycles. The van der Waals surface area contributed by atoms with Crippen molar-refractivity contribution in [3.63, 3.8) is 0 Å². The first-order chi connectivity index (χ1) is 8.93. The van der Waals surface area contributed by atoms with Crippen molar-refractivity contribution >= 4 is 15.9 Å². The van der Waals surface area contributed by atoms with Gasteiger partial charge in [0.1, 0.15) is 0 Å². The van der Waals surface area contributed by atoms with Gasteiger partial charge >= 0.3 is 0 Å². The molecule has 0 saturated carbocycles. The number of nitrogens with zero attached hydrogens (tertiary/aromatic N) is 1. The van der Waals surface area contributed by atoms with Crippen molar-refractivity contribution in [3.8, 4) is 0 Å². The van der Waals surface area contributed by atoms with Crippen LogP contribution in [0.4, 0.5) is 0 Å². The molecule has 1 fully saturated rings. The number of carbonyl (C=O) groups excluding carboxylic acids is 1. The second kappa shape index (κ2) is 7.81. The monoisotopic (exact) mass is 292 g/mol. The third kappa shape index (κ3) is 6.35. The summed E-state index contributed by atoms with van der Waals surface area (Å²) in [4.78, 5) is 11.6. The Morgan fingerprint density at radius 1 is 1.42 bits per heavy atom. The van der Waals surface area contributed by atoms with Gasteiger partial charge in [-0.3, -0.25) is 4.79 Å². The SMILES string of the molecule is CCCN(CCC(=O)NCC1CCCO1)S(C)(=O)=O. The van der Waals surface area contributed by atoms with Crippen LogP contribution in [0, 0.1) is 0 Å². The summed E-state index contributed by atoms with van der Waals surface area (Å²) in [5, 5.41) is 2.79. The molecule has 112 valence electrons. The fourth-order valence-electron chi connectivity index (χ4n) is 2.04. The number of nitrogens with one attached hydrogen (secondary N) is 1. The lowest BCUT2D eigenvalue weighted by Crippen LogP contribution is -2.37. The van der Waals surface area contributed by atoms with E-state index >= 15 is 0 Å². The molecule has 0 radical (unpaired) electrons. The van der Waals surface area contributed by atoms with Crippen molar-refractivity contribution < 1.29 is 17.9 Å². The normalized spacial score (nSPS) is 19.8. The molecule has 0 aromatic heterocycles. The van der Waals surface area contributed by atoms with Crippen LogP contribution in [0.2, 0.25) is 0 Å². The predicted molar refractivity (Wildman–Crippen MR) is 73.3 cm³/mol. The van der Waals surface area contributed by atoms with Crippen LogP contribution in [-0.4, -0.2) is 57.2 Å². The van der Waals surface area contributed by atoms with Gasteiger partial charge in [-0.05, 0) is 19.3 Å². The first kappa shape index (κ1) is 16.4. The first-order valence-corrected chi connectivity index (χ1v) is 8.61. The summed E-state index contributed by atoms with van der Waals surface area (Å²) in [6.07, 6.45) is 4.24. The van der Waals surface area contributed by atoms with Crippen LogP contribution in [-0.2, 0) is 19.6 Å². The van der Waals surface area contributed by atoms with Crippen molar-refractivity contribution in [1.29, 1.82) is 0 Å². The van der Waals surface area contributed by atoms with E-state index in [1.807, 2.05) is 6.92 Å². The summed E-state index contributed by atoms with van der Waals surface area (Å²) in [6.45, 7) is 3.89. The van der Waals surface area contributed by atoms with Crippen molar-refractivity contribution in [3.05, 3.63) is 0 Å². The Hall–Kier alpha value is -0.660. The minimum absolute atomic E-state index is 0.116. The highest BCUT2D eigenvalue weighted by Gasteiger charge is 2.18. The third-order valence-corrected chi connectivity index (χ3v) is 4.38. The second-order valence-corrected chi connectivity index (χ2v) is 6.83. The van der Waals surface area contributed by atoms with E-state index in [-0.39, 0.29) is 25.0 Å². The molecule has 7 heteroatoms. The van der Waals surface area contributed by atoms with Crippen LogP contribution < -0.4 is 5.32 Å². The zero-order valence-electron chi connectivity index (χ0n) is 11.7. The molecule has 0 aromatic rings. The second-order valence-electron chi connectivity index (χ2n) is 4.85. The van der Waals surface area contributed by atoms with Crippen molar-refractivity contribution in [1.82, 2.24) is 9.62 Å². The predicted octanol–water partition coefficient (Wildman–Crippen LogP) is 0.343. The summed E-state index contributed by atoms with van der Waals surface area (Å²) >= 11 is 0. The molecule has 1 rings (SSSR count). The molecular formula is C12H24N2O4S. The minimum Gasteiger partial charge on any atom is -0.376 e. The quantitative estimate of drug-likeness (QED) is 0.700. The molecule has 1 amide bonds. The maximum absolute atomic E-state index is 11.6. The molecular weight excluding hydrogens is 268 g/mol. The average Bonchev–Trinajstić information content (AvgIpc) is 2.83. The van der Waals surface area contributed by atoms with Crippen LogP contribution in [0.1, 0.15) is 32.6 Å². The maximum atomic E-state index is 11.6. The van der Waals surface area contributed by atoms with Crippen LogP contribution >= 0.6 is 0 Å². The van der Waals surface area contributed by atoms with E-state index < -0.39 is 10.0 Å². The van der Waals surface area contributed by atoms with Gasteiger partial charge in [-0.25, -0.2) is 12.7 Å². The number of hydrogen-bond donors (Lipinski definition) is 1. The third-order valence-electron chi connectivity index (χ3n) is 3.08. The lowest BCUT2D eigenvalue weighted by atomic mass is 10.2. The highest BCUT2D eigenvalue weighted by Crippen LogP contribution is 2.10. The maximum Gasteiger partial charge on any atom is 0.221 e. The molecule has 0 aromatic carbocycles. The summed E-state index contributed by atoms with van der Waals surface area (Å²) in [5.41, 5.74) is 0. The van der Waals surface area contributed by atoms with E-state index in [0.717, 1.165) is 25.9 Å². The Bertz CT molecular complexity index is 377. The van der Waals surface area contributed by atoms with Gasteiger partial charge in [0.25, 0.3) is 0 Å². The van der Waals surface area contributed by atoms with Crippen LogP contribution in [0.5, 0.6) is 0 Å². The molecule has 6 nitrogen and oxygen atoms in total. The molecule has 19 heavy (non-hydrogen) atoms. The van der Waals surface area contributed by atoms with Gasteiger partial charge in [0, 0.05) is 32.7 Å². The summed E-state index contributed by atoms with van der Waals surface area (Å²) in [5.74, 6) is -0.125. The summed E-state index contributed by atoms with van der Waals surface area (Å²) in [6, 6.07) is 0. The molecule has 1 aliphatic heterocycles. The lowest BCUT2D eigenvalue weighted by molar-refractivity contribution is -0.121. The summed E-state index contributed by atoms with van der Waals surface area (Å²) in [7, 11) is -3.22. The Labute approximate surface area is 115 Å². The standard InChI is InChI=1S/C12H24N2O4S/c1-3-7-14(19(2,16)17)8-6-12(15)13-10-11-5-4-9-18-11/h11H,3-10H2,1-2H3,(H,13,15). The van der Waals surface area contributed by atoms with Gasteiger partial charge in [-0.15, -0.1) is 0 Å². The minimum atomic E-state index is -3.22. The highest BCUT2D eigenvalue weighted by atomic mass is 32.2. The molecule has 1 saturated heterocycles. The van der Waals surface area contributed by atoms with E-state index in [2.05, 4.69) is 5.32 Å². The largest absolute Gasteiger partial charge is 0.376 e. The van der Waals surface area contributed by atoms with Crippen LogP contribution in [0.3, 0.4) is 0 Å². The topological polar surface area (TPSA) is 75.7 Å². The van der Waals surface area contributed by atoms with Gasteiger partial charge in [-0.2, -0.15) is 0 Å². The van der Waals surface area contributed by atoms with E-state index in [0.29, 0.717) is 13.1 Å². The Balaban J connectivity index is 2.27. The fourth-order valence-corrected chi connectivity index (χ4v) is 2.98. The van der Waals surface area contributed by atoms with E-state index in [9.17, 15) is 13.2 Å². The Morgan fingerprint density at radius 2 is 2.16 bits per heavy atom. The van der Waals surface area contributed by atoms with Gasteiger partial charge in [0.15, 0.2) is 0 Å². The number of carbonyl (C=O) groups is 1. The van der Waals surface area contributed by atoms with Gasteiger partial charge in [0.05, 0.1) is 12.4 Å². The lowest BCUT2D eigenvalue weighted by Gasteiger charge is -2.19. The number of ether oxygens (including phenoxy) is 1. The number of rotatable bonds is 8. The van der Waals surface area contributed by atoms with Gasteiger partial charge < -0.3 is 10.1 Å².